The van der Waals surface area contributed by atoms with Crippen LogP contribution in [0.4, 0.5) is 18.3 Å². The summed E-state index contributed by atoms with van der Waals surface area (Å²) in [6.07, 6.45) is 5.93. The monoisotopic (exact) mass is 376 g/mol. The molecule has 3 nitrogen and oxygen atoms in total. The molecular formula is C19H15F3N2OS. The first-order valence-corrected chi connectivity index (χ1v) is 8.60. The number of rotatable bonds is 6. The summed E-state index contributed by atoms with van der Waals surface area (Å²) in [5.74, 6) is 0.945. The smallest absolute Gasteiger partial charge is 0.187 e. The minimum Gasteiger partial charge on any atom is -0.494 e. The molecule has 0 bridgehead atoms. The third-order valence-electron chi connectivity index (χ3n) is 3.84. The van der Waals surface area contributed by atoms with Crippen molar-refractivity contribution in [3.8, 4) is 18.1 Å². The number of terminal acetylenes is 1. The molecule has 7 heteroatoms. The molecule has 2 aromatic carbocycles. The van der Waals surface area contributed by atoms with Gasteiger partial charge in [-0.3, -0.25) is 0 Å². The van der Waals surface area contributed by atoms with E-state index in [9.17, 15) is 13.2 Å². The van der Waals surface area contributed by atoms with Gasteiger partial charge in [0.05, 0.1) is 23.9 Å². The molecule has 3 aromatic rings. The van der Waals surface area contributed by atoms with Crippen molar-refractivity contribution in [1.29, 1.82) is 0 Å². The predicted octanol–water partition coefficient (Wildman–Crippen LogP) is 4.40. The third kappa shape index (κ3) is 3.75. The van der Waals surface area contributed by atoms with Gasteiger partial charge in [-0.1, -0.05) is 23.3 Å². The van der Waals surface area contributed by atoms with Gasteiger partial charge in [-0.15, -0.1) is 6.42 Å². The lowest BCUT2D eigenvalue weighted by Gasteiger charge is -2.19. The highest BCUT2D eigenvalue weighted by Gasteiger charge is 2.15. The van der Waals surface area contributed by atoms with Crippen LogP contribution in [-0.2, 0) is 6.42 Å². The first-order valence-electron chi connectivity index (χ1n) is 7.78. The maximum absolute atomic E-state index is 13.9. The molecule has 0 spiro atoms. The van der Waals surface area contributed by atoms with E-state index in [1.165, 1.54) is 19.2 Å². The van der Waals surface area contributed by atoms with Gasteiger partial charge in [0.25, 0.3) is 0 Å². The molecule has 0 unspecified atom stereocenters. The molecule has 0 fully saturated rings. The molecule has 0 aliphatic heterocycles. The second-order valence-electron chi connectivity index (χ2n) is 5.58. The van der Waals surface area contributed by atoms with Crippen LogP contribution in [0, 0.1) is 29.8 Å². The van der Waals surface area contributed by atoms with E-state index in [1.54, 1.807) is 17.0 Å². The van der Waals surface area contributed by atoms with Crippen molar-refractivity contribution >= 4 is 26.7 Å². The van der Waals surface area contributed by atoms with E-state index in [4.69, 9.17) is 11.2 Å². The van der Waals surface area contributed by atoms with Crippen molar-refractivity contribution < 1.29 is 17.9 Å². The molecule has 1 heterocycles. The summed E-state index contributed by atoms with van der Waals surface area (Å²) in [7, 11) is 1.40. The predicted molar refractivity (Wildman–Crippen MR) is 97.2 cm³/mol. The van der Waals surface area contributed by atoms with Crippen LogP contribution < -0.4 is 9.64 Å². The van der Waals surface area contributed by atoms with Gasteiger partial charge in [-0.2, -0.15) is 0 Å². The van der Waals surface area contributed by atoms with Crippen molar-refractivity contribution in [1.82, 2.24) is 4.98 Å². The standard InChI is InChI=1S/C19H15F3N2OS/c1-3-7-24(8-6-12-4-5-17(25-2)14(21)9-12)19-23-16-11-13(20)10-15(22)18(16)26-19/h1,4-5,9-11H,6-8H2,2H3. The summed E-state index contributed by atoms with van der Waals surface area (Å²) >= 11 is 1.11. The zero-order chi connectivity index (χ0) is 18.7. The van der Waals surface area contributed by atoms with Crippen LogP contribution in [0.1, 0.15) is 5.56 Å². The van der Waals surface area contributed by atoms with E-state index in [0.717, 1.165) is 23.0 Å². The molecule has 0 N–H and O–H groups in total. The van der Waals surface area contributed by atoms with Gasteiger partial charge in [0, 0.05) is 18.7 Å². The maximum atomic E-state index is 13.9. The molecule has 0 atom stereocenters. The quantitative estimate of drug-likeness (QED) is 0.596. The van der Waals surface area contributed by atoms with Crippen molar-refractivity contribution in [3.05, 3.63) is 53.3 Å². The second kappa shape index (κ2) is 7.67. The third-order valence-corrected chi connectivity index (χ3v) is 4.98. The van der Waals surface area contributed by atoms with Crippen LogP contribution in [-0.4, -0.2) is 25.2 Å². The number of hydrogen-bond acceptors (Lipinski definition) is 4. The van der Waals surface area contributed by atoms with Gasteiger partial charge < -0.3 is 9.64 Å². The number of benzene rings is 2. The number of aromatic nitrogens is 1. The molecule has 0 radical (unpaired) electrons. The lowest BCUT2D eigenvalue weighted by molar-refractivity contribution is 0.386. The SMILES string of the molecule is C#CCN(CCc1ccc(OC)c(F)c1)c1nc2cc(F)cc(F)c2s1. The maximum Gasteiger partial charge on any atom is 0.187 e. The minimum absolute atomic E-state index is 0.179. The Morgan fingerprint density at radius 2 is 2.00 bits per heavy atom. The summed E-state index contributed by atoms with van der Waals surface area (Å²) in [5, 5.41) is 0.497. The van der Waals surface area contributed by atoms with Crippen LogP contribution in [0.3, 0.4) is 0 Å². The van der Waals surface area contributed by atoms with E-state index in [0.29, 0.717) is 18.1 Å². The van der Waals surface area contributed by atoms with Gasteiger partial charge in [0.15, 0.2) is 16.7 Å². The molecular weight excluding hydrogens is 361 g/mol. The fourth-order valence-electron chi connectivity index (χ4n) is 2.57. The number of thiazole rings is 1. The molecule has 134 valence electrons. The van der Waals surface area contributed by atoms with Crippen LogP contribution in [0.15, 0.2) is 30.3 Å². The number of hydrogen-bond donors (Lipinski definition) is 0. The van der Waals surface area contributed by atoms with Gasteiger partial charge >= 0.3 is 0 Å². The first-order chi connectivity index (χ1) is 12.5. The fraction of sp³-hybridized carbons (Fsp3) is 0.211. The summed E-state index contributed by atoms with van der Waals surface area (Å²) < 4.78 is 46.2. The van der Waals surface area contributed by atoms with E-state index in [1.807, 2.05) is 0 Å². The molecule has 0 aliphatic carbocycles. The molecule has 26 heavy (non-hydrogen) atoms. The number of anilines is 1. The second-order valence-corrected chi connectivity index (χ2v) is 6.55. The zero-order valence-electron chi connectivity index (χ0n) is 13.9. The van der Waals surface area contributed by atoms with Gasteiger partial charge in [-0.05, 0) is 24.1 Å². The van der Waals surface area contributed by atoms with Gasteiger partial charge in [-0.25, -0.2) is 18.2 Å². The largest absolute Gasteiger partial charge is 0.494 e. The minimum atomic E-state index is -0.677. The first kappa shape index (κ1) is 18.1. The summed E-state index contributed by atoms with van der Waals surface area (Å²) in [6.45, 7) is 0.711. The Bertz CT molecular complexity index is 981. The summed E-state index contributed by atoms with van der Waals surface area (Å²) in [5.41, 5.74) is 1.02. The Morgan fingerprint density at radius 1 is 1.19 bits per heavy atom. The Kier molecular flexibility index (Phi) is 5.33. The van der Waals surface area contributed by atoms with Gasteiger partial charge in [0.1, 0.15) is 11.6 Å². The number of nitrogens with zero attached hydrogens (tertiary/aromatic N) is 2. The summed E-state index contributed by atoms with van der Waals surface area (Å²) in [4.78, 5) is 6.07. The van der Waals surface area contributed by atoms with E-state index in [2.05, 4.69) is 10.9 Å². The summed E-state index contributed by atoms with van der Waals surface area (Å²) in [6, 6.07) is 6.75. The fourth-order valence-corrected chi connectivity index (χ4v) is 3.54. The van der Waals surface area contributed by atoms with E-state index in [-0.39, 0.29) is 22.5 Å². The lowest BCUT2D eigenvalue weighted by Crippen LogP contribution is -2.26. The Labute approximate surface area is 153 Å². The highest BCUT2D eigenvalue weighted by Crippen LogP contribution is 2.31. The average Bonchev–Trinajstić information content (AvgIpc) is 3.03. The van der Waals surface area contributed by atoms with Crippen molar-refractivity contribution in [2.45, 2.75) is 6.42 Å². The van der Waals surface area contributed by atoms with Crippen LogP contribution >= 0.6 is 11.3 Å². The Morgan fingerprint density at radius 3 is 2.69 bits per heavy atom. The number of ether oxygens (including phenoxy) is 1. The van der Waals surface area contributed by atoms with E-state index >= 15 is 0 Å². The Hall–Kier alpha value is -2.72. The highest BCUT2D eigenvalue weighted by atomic mass is 32.1. The van der Waals surface area contributed by atoms with E-state index < -0.39 is 17.5 Å². The number of methoxy groups -OCH3 is 1. The molecule has 0 amide bonds. The van der Waals surface area contributed by atoms with Crippen LogP contribution in [0.25, 0.3) is 10.2 Å². The molecule has 0 aliphatic rings. The average molecular weight is 376 g/mol. The topological polar surface area (TPSA) is 25.4 Å². The molecule has 0 saturated carbocycles. The van der Waals surface area contributed by atoms with Crippen molar-refractivity contribution in [3.63, 3.8) is 0 Å². The van der Waals surface area contributed by atoms with Gasteiger partial charge in [0.2, 0.25) is 0 Å². The van der Waals surface area contributed by atoms with Crippen LogP contribution in [0.2, 0.25) is 0 Å². The number of halogens is 3. The van der Waals surface area contributed by atoms with Crippen molar-refractivity contribution in [2.24, 2.45) is 0 Å². The highest BCUT2D eigenvalue weighted by molar-refractivity contribution is 7.22. The lowest BCUT2D eigenvalue weighted by atomic mass is 10.1. The Balaban J connectivity index is 1.82. The molecule has 0 saturated heterocycles. The molecule has 1 aromatic heterocycles. The van der Waals surface area contributed by atoms with Crippen LogP contribution in [0.5, 0.6) is 5.75 Å². The zero-order valence-corrected chi connectivity index (χ0v) is 14.7. The normalized spacial score (nSPS) is 10.7. The molecule has 3 rings (SSSR count). The number of fused-ring (bicyclic) bond motifs is 1. The van der Waals surface area contributed by atoms with Crippen molar-refractivity contribution in [2.75, 3.05) is 25.1 Å².